The summed E-state index contributed by atoms with van der Waals surface area (Å²) < 4.78 is 2.69. The quantitative estimate of drug-likeness (QED) is 0.707. The lowest BCUT2D eigenvalue weighted by atomic mass is 10.2. The summed E-state index contributed by atoms with van der Waals surface area (Å²) in [6.07, 6.45) is 4.25. The number of fused-ring (bicyclic) bond motifs is 1. The third-order valence-corrected chi connectivity index (χ3v) is 5.42. The van der Waals surface area contributed by atoms with Gasteiger partial charge in [-0.2, -0.15) is 5.10 Å². The van der Waals surface area contributed by atoms with E-state index in [1.54, 1.807) is 22.1 Å². The van der Waals surface area contributed by atoms with Crippen molar-refractivity contribution in [2.45, 2.75) is 13.5 Å². The molecule has 0 aliphatic carbocycles. The molecule has 3 aromatic rings. The highest BCUT2D eigenvalue weighted by Gasteiger charge is 2.17. The number of hydrogen-bond acceptors (Lipinski definition) is 5. The zero-order chi connectivity index (χ0) is 17.6. The molecule has 8 heteroatoms. The number of carbonyl (C=O) groups is 1. The molecule has 1 aliphatic rings. The second-order valence-corrected chi connectivity index (χ2v) is 7.36. The van der Waals surface area contributed by atoms with Crippen molar-refractivity contribution < 1.29 is 9.90 Å². The van der Waals surface area contributed by atoms with Gasteiger partial charge in [0.25, 0.3) is 0 Å². The van der Waals surface area contributed by atoms with Gasteiger partial charge in [0.05, 0.1) is 16.8 Å². The molecule has 4 rings (SSSR count). The summed E-state index contributed by atoms with van der Waals surface area (Å²) >= 11 is 7.90. The van der Waals surface area contributed by atoms with Crippen LogP contribution in [0.5, 0.6) is 0 Å². The lowest BCUT2D eigenvalue weighted by Gasteiger charge is -2.12. The van der Waals surface area contributed by atoms with Crippen molar-refractivity contribution in [3.05, 3.63) is 52.3 Å². The third-order valence-electron chi connectivity index (χ3n) is 4.14. The maximum Gasteiger partial charge on any atom is 0.356 e. The van der Waals surface area contributed by atoms with Crippen LogP contribution in [0.25, 0.3) is 10.2 Å². The van der Waals surface area contributed by atoms with Crippen LogP contribution in [0.2, 0.25) is 5.02 Å². The van der Waals surface area contributed by atoms with Crippen LogP contribution >= 0.6 is 22.9 Å². The van der Waals surface area contributed by atoms with E-state index in [9.17, 15) is 4.79 Å². The van der Waals surface area contributed by atoms with Crippen LogP contribution in [0.4, 0.5) is 5.13 Å². The Kier molecular flexibility index (Phi) is 3.97. The van der Waals surface area contributed by atoms with E-state index in [0.29, 0.717) is 11.6 Å². The molecule has 0 atom stereocenters. The van der Waals surface area contributed by atoms with Crippen molar-refractivity contribution >= 4 is 44.3 Å². The molecule has 2 aromatic heterocycles. The number of aryl methyl sites for hydroxylation is 1. The Morgan fingerprint density at radius 1 is 1.32 bits per heavy atom. The van der Waals surface area contributed by atoms with Crippen LogP contribution in [0.1, 0.15) is 21.7 Å². The second kappa shape index (κ2) is 6.16. The fraction of sp³-hybridized carbons (Fsp3) is 0.235. The van der Waals surface area contributed by atoms with Gasteiger partial charge < -0.3 is 10.0 Å². The number of rotatable bonds is 4. The van der Waals surface area contributed by atoms with E-state index in [0.717, 1.165) is 39.7 Å². The Morgan fingerprint density at radius 2 is 2.08 bits per heavy atom. The molecule has 6 nitrogen and oxygen atoms in total. The topological polar surface area (TPSA) is 71.2 Å². The summed E-state index contributed by atoms with van der Waals surface area (Å²) in [4.78, 5) is 18.1. The molecule has 0 amide bonds. The predicted octanol–water partition coefficient (Wildman–Crippen LogP) is 3.58. The van der Waals surface area contributed by atoms with Crippen LogP contribution in [0, 0.1) is 6.92 Å². The van der Waals surface area contributed by atoms with Gasteiger partial charge in [0.2, 0.25) is 0 Å². The van der Waals surface area contributed by atoms with E-state index in [1.807, 2.05) is 19.1 Å². The maximum absolute atomic E-state index is 11.1. The Labute approximate surface area is 153 Å². The summed E-state index contributed by atoms with van der Waals surface area (Å²) in [6.45, 7) is 3.99. The molecule has 0 saturated heterocycles. The highest BCUT2D eigenvalue weighted by molar-refractivity contribution is 7.22. The van der Waals surface area contributed by atoms with Gasteiger partial charge in [0.1, 0.15) is 0 Å². The number of hydrogen-bond donors (Lipinski definition) is 1. The van der Waals surface area contributed by atoms with E-state index in [1.165, 1.54) is 0 Å². The molecule has 25 heavy (non-hydrogen) atoms. The molecule has 0 radical (unpaired) electrons. The summed E-state index contributed by atoms with van der Waals surface area (Å²) in [7, 11) is 0. The molecule has 0 spiro atoms. The van der Waals surface area contributed by atoms with Gasteiger partial charge in [-0.1, -0.05) is 35.1 Å². The van der Waals surface area contributed by atoms with Gasteiger partial charge >= 0.3 is 5.97 Å². The first-order chi connectivity index (χ1) is 12.0. The Bertz CT molecular complexity index is 1000. The smallest absolute Gasteiger partial charge is 0.356 e. The van der Waals surface area contributed by atoms with Crippen LogP contribution in [0.15, 0.2) is 30.4 Å². The summed E-state index contributed by atoms with van der Waals surface area (Å²) in [5, 5.41) is 14.9. The van der Waals surface area contributed by atoms with Crippen molar-refractivity contribution in [3.63, 3.8) is 0 Å². The summed E-state index contributed by atoms with van der Waals surface area (Å²) in [5.74, 6) is -1.03. The SMILES string of the molecule is Cc1cc(C(=O)O)nn1Cc1cc(Cl)cc2sc(N3CC=CC3)nc12. The van der Waals surface area contributed by atoms with Gasteiger partial charge in [-0.25, -0.2) is 9.78 Å². The normalized spacial score (nSPS) is 13.9. The number of aromatic nitrogens is 3. The second-order valence-electron chi connectivity index (χ2n) is 5.92. The molecule has 1 aliphatic heterocycles. The standard InChI is InChI=1S/C17H15ClN4O2S/c1-10-6-13(16(23)24)20-22(10)9-11-7-12(18)8-14-15(11)19-17(25-14)21-4-2-3-5-21/h2-3,6-8H,4-5,9H2,1H3,(H,23,24). The number of thiazole rings is 1. The third kappa shape index (κ3) is 3.01. The van der Waals surface area contributed by atoms with Crippen molar-refractivity contribution in [2.24, 2.45) is 0 Å². The number of halogens is 1. The van der Waals surface area contributed by atoms with Crippen molar-refractivity contribution in [1.29, 1.82) is 0 Å². The minimum atomic E-state index is -1.03. The maximum atomic E-state index is 11.1. The molecular formula is C17H15ClN4O2S. The fourth-order valence-corrected chi connectivity index (χ4v) is 4.25. The average molecular weight is 375 g/mol. The molecule has 1 N–H and O–H groups in total. The van der Waals surface area contributed by atoms with Gasteiger partial charge in [0, 0.05) is 29.4 Å². The number of nitrogens with zero attached hydrogens (tertiary/aromatic N) is 4. The van der Waals surface area contributed by atoms with Gasteiger partial charge in [0.15, 0.2) is 10.8 Å². The number of anilines is 1. The van der Waals surface area contributed by atoms with E-state index in [2.05, 4.69) is 22.2 Å². The highest BCUT2D eigenvalue weighted by atomic mass is 35.5. The lowest BCUT2D eigenvalue weighted by molar-refractivity contribution is 0.0689. The van der Waals surface area contributed by atoms with E-state index in [-0.39, 0.29) is 5.69 Å². The monoisotopic (exact) mass is 374 g/mol. The summed E-state index contributed by atoms with van der Waals surface area (Å²) in [5.41, 5.74) is 2.64. The molecule has 0 unspecified atom stereocenters. The van der Waals surface area contributed by atoms with Gasteiger partial charge in [-0.05, 0) is 25.1 Å². The van der Waals surface area contributed by atoms with Crippen molar-refractivity contribution in [2.75, 3.05) is 18.0 Å². The van der Waals surface area contributed by atoms with Crippen molar-refractivity contribution in [3.8, 4) is 0 Å². The first kappa shape index (κ1) is 16.1. The van der Waals surface area contributed by atoms with Crippen LogP contribution in [-0.2, 0) is 6.54 Å². The Balaban J connectivity index is 1.74. The first-order valence-electron chi connectivity index (χ1n) is 7.78. The number of carboxylic acid groups (broad SMARTS) is 1. The molecule has 0 fully saturated rings. The summed E-state index contributed by atoms with van der Waals surface area (Å²) in [6, 6.07) is 5.35. The zero-order valence-electron chi connectivity index (χ0n) is 13.4. The van der Waals surface area contributed by atoms with Crippen molar-refractivity contribution in [1.82, 2.24) is 14.8 Å². The van der Waals surface area contributed by atoms with Gasteiger partial charge in [-0.3, -0.25) is 4.68 Å². The zero-order valence-corrected chi connectivity index (χ0v) is 15.0. The molecular weight excluding hydrogens is 360 g/mol. The minimum absolute atomic E-state index is 0.0397. The van der Waals surface area contributed by atoms with Crippen LogP contribution < -0.4 is 4.90 Å². The Morgan fingerprint density at radius 3 is 2.76 bits per heavy atom. The van der Waals surface area contributed by atoms with Crippen LogP contribution in [0.3, 0.4) is 0 Å². The highest BCUT2D eigenvalue weighted by Crippen LogP contribution is 2.34. The molecule has 3 heterocycles. The largest absolute Gasteiger partial charge is 0.476 e. The molecule has 0 saturated carbocycles. The lowest BCUT2D eigenvalue weighted by Crippen LogP contribution is -2.17. The average Bonchev–Trinajstić information content (AvgIpc) is 3.26. The van der Waals surface area contributed by atoms with E-state index < -0.39 is 5.97 Å². The predicted molar refractivity (Wildman–Crippen MR) is 99.0 cm³/mol. The minimum Gasteiger partial charge on any atom is -0.476 e. The molecule has 128 valence electrons. The number of carboxylic acids is 1. The van der Waals surface area contributed by atoms with Gasteiger partial charge in [-0.15, -0.1) is 0 Å². The Hall–Kier alpha value is -2.38. The number of benzene rings is 1. The van der Waals surface area contributed by atoms with E-state index >= 15 is 0 Å². The fourth-order valence-electron chi connectivity index (χ4n) is 2.88. The molecule has 0 bridgehead atoms. The van der Waals surface area contributed by atoms with E-state index in [4.69, 9.17) is 21.7 Å². The molecule has 1 aromatic carbocycles. The first-order valence-corrected chi connectivity index (χ1v) is 8.97. The number of aromatic carboxylic acids is 1. The van der Waals surface area contributed by atoms with Crippen LogP contribution in [-0.4, -0.2) is 38.9 Å².